The lowest BCUT2D eigenvalue weighted by Gasteiger charge is -2.08. The minimum absolute atomic E-state index is 0.148. The molecule has 0 aromatic heterocycles. The van der Waals surface area contributed by atoms with Crippen molar-refractivity contribution < 1.29 is 14.1 Å². The van der Waals surface area contributed by atoms with E-state index in [1.165, 1.54) is 0 Å². The Kier molecular flexibility index (Phi) is 3.19. The maximum absolute atomic E-state index is 10.8. The highest BCUT2D eigenvalue weighted by atomic mass is 16.6. The van der Waals surface area contributed by atoms with Crippen LogP contribution in [0.5, 0.6) is 0 Å². The molecule has 0 bridgehead atoms. The van der Waals surface area contributed by atoms with Crippen molar-refractivity contribution in [2.24, 2.45) is 0 Å². The average molecular weight is 204 g/mol. The standard InChI is InChI=1S/C11H13BO3/c1-2-10-8-14-12(15-10)11-6-4-3-5-9(11)7-13/h3-7,10H,2,8H2,1H3. The number of carbonyl (C=O) groups is 1. The fraction of sp³-hybridized carbons (Fsp3) is 0.364. The zero-order valence-corrected chi connectivity index (χ0v) is 8.68. The number of hydrogen-bond donors (Lipinski definition) is 0. The second-order valence-electron chi connectivity index (χ2n) is 3.58. The van der Waals surface area contributed by atoms with Gasteiger partial charge in [0.1, 0.15) is 6.29 Å². The Labute approximate surface area is 89.5 Å². The van der Waals surface area contributed by atoms with E-state index in [2.05, 4.69) is 6.92 Å². The van der Waals surface area contributed by atoms with E-state index < -0.39 is 0 Å². The van der Waals surface area contributed by atoms with E-state index in [4.69, 9.17) is 9.31 Å². The number of aldehydes is 1. The molecule has 1 unspecified atom stereocenters. The van der Waals surface area contributed by atoms with Crippen LogP contribution in [0.2, 0.25) is 0 Å². The van der Waals surface area contributed by atoms with Crippen molar-refractivity contribution in [2.75, 3.05) is 6.61 Å². The van der Waals surface area contributed by atoms with Gasteiger partial charge in [-0.05, 0) is 11.9 Å². The Hall–Kier alpha value is -1.13. The fourth-order valence-corrected chi connectivity index (χ4v) is 1.66. The van der Waals surface area contributed by atoms with Crippen LogP contribution in [0.3, 0.4) is 0 Å². The van der Waals surface area contributed by atoms with E-state index in [1.54, 1.807) is 6.07 Å². The molecule has 0 N–H and O–H groups in total. The van der Waals surface area contributed by atoms with Gasteiger partial charge in [0.15, 0.2) is 0 Å². The highest BCUT2D eigenvalue weighted by Gasteiger charge is 2.33. The Morgan fingerprint density at radius 3 is 3.00 bits per heavy atom. The molecular formula is C11H13BO3. The van der Waals surface area contributed by atoms with Crippen molar-refractivity contribution in [1.29, 1.82) is 0 Å². The third-order valence-electron chi connectivity index (χ3n) is 2.58. The van der Waals surface area contributed by atoms with Gasteiger partial charge in [-0.15, -0.1) is 0 Å². The summed E-state index contributed by atoms with van der Waals surface area (Å²) in [5.41, 5.74) is 1.46. The van der Waals surface area contributed by atoms with Crippen LogP contribution in [-0.4, -0.2) is 26.1 Å². The van der Waals surface area contributed by atoms with Gasteiger partial charge in [-0.3, -0.25) is 4.79 Å². The molecule has 1 fully saturated rings. The second kappa shape index (κ2) is 4.60. The normalized spacial score (nSPS) is 20.6. The molecule has 0 saturated carbocycles. The quantitative estimate of drug-likeness (QED) is 0.544. The van der Waals surface area contributed by atoms with Gasteiger partial charge < -0.3 is 9.31 Å². The van der Waals surface area contributed by atoms with Gasteiger partial charge in [0, 0.05) is 5.56 Å². The van der Waals surface area contributed by atoms with Gasteiger partial charge in [0.05, 0.1) is 12.7 Å². The number of carbonyl (C=O) groups excluding carboxylic acids is 1. The van der Waals surface area contributed by atoms with Crippen LogP contribution >= 0.6 is 0 Å². The smallest absolute Gasteiger partial charge is 0.405 e. The van der Waals surface area contributed by atoms with Crippen molar-refractivity contribution in [3.05, 3.63) is 29.8 Å². The van der Waals surface area contributed by atoms with Crippen molar-refractivity contribution in [3.8, 4) is 0 Å². The van der Waals surface area contributed by atoms with Gasteiger partial charge in [0.2, 0.25) is 0 Å². The first-order valence-corrected chi connectivity index (χ1v) is 5.16. The van der Waals surface area contributed by atoms with Gasteiger partial charge in [-0.2, -0.15) is 0 Å². The lowest BCUT2D eigenvalue weighted by molar-refractivity contribution is 0.112. The molecule has 1 aromatic rings. The minimum atomic E-state index is -0.378. The highest BCUT2D eigenvalue weighted by Crippen LogP contribution is 2.12. The largest absolute Gasteiger partial charge is 0.494 e. The molecule has 2 rings (SSSR count). The Morgan fingerprint density at radius 2 is 2.33 bits per heavy atom. The van der Waals surface area contributed by atoms with Crippen LogP contribution in [0.1, 0.15) is 23.7 Å². The zero-order chi connectivity index (χ0) is 10.7. The van der Waals surface area contributed by atoms with E-state index >= 15 is 0 Å². The molecular weight excluding hydrogens is 191 g/mol. The van der Waals surface area contributed by atoms with Crippen LogP contribution < -0.4 is 5.46 Å². The Bertz CT molecular complexity index is 353. The lowest BCUT2D eigenvalue weighted by atomic mass is 9.76. The van der Waals surface area contributed by atoms with Crippen LogP contribution in [0.25, 0.3) is 0 Å². The summed E-state index contributed by atoms with van der Waals surface area (Å²) >= 11 is 0. The van der Waals surface area contributed by atoms with Crippen molar-refractivity contribution in [3.63, 3.8) is 0 Å². The van der Waals surface area contributed by atoms with E-state index in [1.807, 2.05) is 18.2 Å². The average Bonchev–Trinajstić information content (AvgIpc) is 2.77. The molecule has 1 aliphatic heterocycles. The van der Waals surface area contributed by atoms with Crippen molar-refractivity contribution >= 4 is 18.9 Å². The predicted molar refractivity (Wildman–Crippen MR) is 58.3 cm³/mol. The molecule has 4 heteroatoms. The summed E-state index contributed by atoms with van der Waals surface area (Å²) < 4.78 is 11.2. The molecule has 78 valence electrons. The maximum atomic E-state index is 10.8. The van der Waals surface area contributed by atoms with Crippen LogP contribution in [0.15, 0.2) is 24.3 Å². The fourth-order valence-electron chi connectivity index (χ4n) is 1.66. The molecule has 15 heavy (non-hydrogen) atoms. The second-order valence-corrected chi connectivity index (χ2v) is 3.58. The van der Waals surface area contributed by atoms with Gasteiger partial charge >= 0.3 is 7.12 Å². The number of rotatable bonds is 3. The minimum Gasteiger partial charge on any atom is -0.405 e. The molecule has 0 aliphatic carbocycles. The summed E-state index contributed by atoms with van der Waals surface area (Å²) in [6.45, 7) is 2.66. The third-order valence-corrected chi connectivity index (χ3v) is 2.58. The summed E-state index contributed by atoms with van der Waals surface area (Å²) in [7, 11) is -0.378. The lowest BCUT2D eigenvalue weighted by Crippen LogP contribution is -2.35. The molecule has 1 aromatic carbocycles. The molecule has 1 heterocycles. The molecule has 0 radical (unpaired) electrons. The van der Waals surface area contributed by atoms with Crippen molar-refractivity contribution in [2.45, 2.75) is 19.4 Å². The molecule has 0 amide bonds. The molecule has 3 nitrogen and oxygen atoms in total. The molecule has 1 aliphatic rings. The first-order valence-electron chi connectivity index (χ1n) is 5.16. The van der Waals surface area contributed by atoms with Gasteiger partial charge in [-0.25, -0.2) is 0 Å². The summed E-state index contributed by atoms with van der Waals surface area (Å²) in [6.07, 6.45) is 1.91. The van der Waals surface area contributed by atoms with Gasteiger partial charge in [0.25, 0.3) is 0 Å². The molecule has 0 spiro atoms. The van der Waals surface area contributed by atoms with Crippen LogP contribution in [0.4, 0.5) is 0 Å². The van der Waals surface area contributed by atoms with E-state index in [-0.39, 0.29) is 13.2 Å². The van der Waals surface area contributed by atoms with E-state index in [0.717, 1.165) is 18.2 Å². The zero-order valence-electron chi connectivity index (χ0n) is 8.68. The topological polar surface area (TPSA) is 35.5 Å². The first kappa shape index (κ1) is 10.4. The summed E-state index contributed by atoms with van der Waals surface area (Å²) in [6, 6.07) is 7.36. The van der Waals surface area contributed by atoms with Gasteiger partial charge in [-0.1, -0.05) is 31.2 Å². The van der Waals surface area contributed by atoms with Crippen LogP contribution in [0, 0.1) is 0 Å². The predicted octanol–water partition coefficient (Wildman–Crippen LogP) is 1.02. The summed E-state index contributed by atoms with van der Waals surface area (Å²) in [4.78, 5) is 10.8. The third kappa shape index (κ3) is 2.11. The highest BCUT2D eigenvalue weighted by molar-refractivity contribution is 6.63. The number of benzene rings is 1. The number of hydrogen-bond acceptors (Lipinski definition) is 3. The SMILES string of the molecule is CCC1COB(c2ccccc2C=O)O1. The molecule has 1 atom stereocenters. The van der Waals surface area contributed by atoms with Crippen molar-refractivity contribution in [1.82, 2.24) is 0 Å². The Morgan fingerprint density at radius 1 is 1.53 bits per heavy atom. The summed E-state index contributed by atoms with van der Waals surface area (Å²) in [5, 5.41) is 0. The monoisotopic (exact) mass is 204 g/mol. The molecule has 1 saturated heterocycles. The van der Waals surface area contributed by atoms with Crippen LogP contribution in [-0.2, 0) is 9.31 Å². The Balaban J connectivity index is 2.19. The van der Waals surface area contributed by atoms with E-state index in [0.29, 0.717) is 12.2 Å². The maximum Gasteiger partial charge on any atom is 0.494 e. The first-order chi connectivity index (χ1) is 7.35. The van der Waals surface area contributed by atoms with E-state index in [9.17, 15) is 4.79 Å². The summed E-state index contributed by atoms with van der Waals surface area (Å²) in [5.74, 6) is 0.